The van der Waals surface area contributed by atoms with E-state index in [2.05, 4.69) is 11.8 Å². The number of likely N-dealkylation sites (tertiary alicyclic amines) is 1. The Hall–Kier alpha value is -0.0800. The van der Waals surface area contributed by atoms with Gasteiger partial charge in [0.2, 0.25) is 0 Å². The molecule has 2 nitrogen and oxygen atoms in total. The maximum absolute atomic E-state index is 8.59. The quantitative estimate of drug-likeness (QED) is 0.612. The Bertz CT molecular complexity index is 108. The zero-order chi connectivity index (χ0) is 8.81. The smallest absolute Gasteiger partial charge is 0.0431 e. The topological polar surface area (TPSA) is 23.5 Å². The van der Waals surface area contributed by atoms with Gasteiger partial charge in [0.05, 0.1) is 0 Å². The zero-order valence-electron chi connectivity index (χ0n) is 8.13. The van der Waals surface area contributed by atoms with Crippen LogP contribution in [0.4, 0.5) is 0 Å². The molecular weight excluding hydrogens is 150 g/mol. The van der Waals surface area contributed by atoms with Gasteiger partial charge in [-0.05, 0) is 31.7 Å². The normalized spacial score (nSPS) is 19.5. The molecule has 12 heavy (non-hydrogen) atoms. The molecule has 0 bridgehead atoms. The van der Waals surface area contributed by atoms with Crippen LogP contribution in [-0.2, 0) is 0 Å². The van der Waals surface area contributed by atoms with Crippen LogP contribution in [0.5, 0.6) is 0 Å². The van der Waals surface area contributed by atoms with Gasteiger partial charge in [0, 0.05) is 19.7 Å². The van der Waals surface area contributed by atoms with Gasteiger partial charge in [-0.15, -0.1) is 0 Å². The molecular formula is C10H21NO. The summed E-state index contributed by atoms with van der Waals surface area (Å²) in [7, 11) is 0. The summed E-state index contributed by atoms with van der Waals surface area (Å²) in [6.07, 6.45) is 4.86. The van der Waals surface area contributed by atoms with Crippen molar-refractivity contribution >= 4 is 0 Å². The Kier molecular flexibility index (Phi) is 4.62. The van der Waals surface area contributed by atoms with Gasteiger partial charge >= 0.3 is 0 Å². The second-order valence-corrected chi connectivity index (χ2v) is 3.84. The Labute approximate surface area is 75.6 Å². The first-order chi connectivity index (χ1) is 5.86. The monoisotopic (exact) mass is 171 g/mol. The number of hydrogen-bond acceptors (Lipinski definition) is 2. The molecule has 2 heteroatoms. The van der Waals surface area contributed by atoms with Crippen LogP contribution in [0.15, 0.2) is 0 Å². The molecule has 1 aliphatic rings. The Morgan fingerprint density at radius 2 is 2.08 bits per heavy atom. The lowest BCUT2D eigenvalue weighted by atomic mass is 9.95. The average Bonchev–Trinajstić information content (AvgIpc) is 2.00. The van der Waals surface area contributed by atoms with Crippen molar-refractivity contribution in [1.29, 1.82) is 0 Å². The number of aliphatic hydroxyl groups is 1. The second kappa shape index (κ2) is 5.55. The Morgan fingerprint density at radius 1 is 1.33 bits per heavy atom. The third kappa shape index (κ3) is 3.11. The van der Waals surface area contributed by atoms with E-state index in [9.17, 15) is 0 Å². The van der Waals surface area contributed by atoms with Crippen LogP contribution >= 0.6 is 0 Å². The van der Waals surface area contributed by atoms with Crippen molar-refractivity contribution in [2.45, 2.75) is 32.6 Å². The van der Waals surface area contributed by atoms with Gasteiger partial charge in [0.15, 0.2) is 0 Å². The van der Waals surface area contributed by atoms with Gasteiger partial charge in [-0.1, -0.05) is 13.3 Å². The first-order valence-electron chi connectivity index (χ1n) is 5.20. The highest BCUT2D eigenvalue weighted by Gasteiger charge is 2.24. The Balaban J connectivity index is 1.88. The predicted molar refractivity (Wildman–Crippen MR) is 51.2 cm³/mol. The van der Waals surface area contributed by atoms with E-state index in [0.29, 0.717) is 6.61 Å². The molecule has 1 N–H and O–H groups in total. The molecule has 1 saturated heterocycles. The summed E-state index contributed by atoms with van der Waals surface area (Å²) in [6.45, 7) is 6.42. The third-order valence-electron chi connectivity index (χ3n) is 2.61. The summed E-state index contributed by atoms with van der Waals surface area (Å²) < 4.78 is 0. The van der Waals surface area contributed by atoms with Gasteiger partial charge < -0.3 is 10.0 Å². The summed E-state index contributed by atoms with van der Waals surface area (Å²) >= 11 is 0. The highest BCUT2D eigenvalue weighted by Crippen LogP contribution is 2.20. The molecule has 0 spiro atoms. The number of unbranched alkanes of at least 4 members (excludes halogenated alkanes) is 1. The molecule has 0 aromatic carbocycles. The van der Waals surface area contributed by atoms with Crippen LogP contribution in [0.1, 0.15) is 32.6 Å². The second-order valence-electron chi connectivity index (χ2n) is 3.84. The number of rotatable bonds is 6. The molecule has 0 radical (unpaired) electrons. The van der Waals surface area contributed by atoms with Gasteiger partial charge in [-0.25, -0.2) is 0 Å². The molecule has 0 amide bonds. The van der Waals surface area contributed by atoms with Crippen molar-refractivity contribution in [1.82, 2.24) is 4.90 Å². The summed E-state index contributed by atoms with van der Waals surface area (Å²) in [5.41, 5.74) is 0. The number of hydrogen-bond donors (Lipinski definition) is 1. The van der Waals surface area contributed by atoms with E-state index < -0.39 is 0 Å². The first-order valence-corrected chi connectivity index (χ1v) is 5.20. The lowest BCUT2D eigenvalue weighted by Crippen LogP contribution is -2.46. The molecule has 1 rings (SSSR count). The molecule has 1 aliphatic heterocycles. The van der Waals surface area contributed by atoms with Gasteiger partial charge in [-0.2, -0.15) is 0 Å². The van der Waals surface area contributed by atoms with Crippen LogP contribution in [0.25, 0.3) is 0 Å². The van der Waals surface area contributed by atoms with E-state index in [-0.39, 0.29) is 0 Å². The summed E-state index contributed by atoms with van der Waals surface area (Å²) in [6, 6.07) is 0. The number of aliphatic hydroxyl groups excluding tert-OH is 1. The molecule has 0 atom stereocenters. The molecule has 0 aliphatic carbocycles. The van der Waals surface area contributed by atoms with Crippen LogP contribution in [0, 0.1) is 5.92 Å². The fourth-order valence-corrected chi connectivity index (χ4v) is 1.90. The van der Waals surface area contributed by atoms with E-state index in [1.165, 1.54) is 32.5 Å². The Morgan fingerprint density at radius 3 is 2.67 bits per heavy atom. The van der Waals surface area contributed by atoms with E-state index in [0.717, 1.165) is 18.8 Å². The van der Waals surface area contributed by atoms with Crippen molar-refractivity contribution in [3.8, 4) is 0 Å². The average molecular weight is 171 g/mol. The molecule has 72 valence electrons. The van der Waals surface area contributed by atoms with Crippen molar-refractivity contribution in [2.75, 3.05) is 26.2 Å². The van der Waals surface area contributed by atoms with Gasteiger partial charge in [-0.3, -0.25) is 0 Å². The molecule has 0 saturated carbocycles. The first kappa shape index (κ1) is 10.0. The van der Waals surface area contributed by atoms with Gasteiger partial charge in [0.1, 0.15) is 0 Å². The minimum Gasteiger partial charge on any atom is -0.396 e. The van der Waals surface area contributed by atoms with E-state index in [4.69, 9.17) is 5.11 Å². The largest absolute Gasteiger partial charge is 0.396 e. The van der Waals surface area contributed by atoms with Crippen LogP contribution in [-0.4, -0.2) is 36.2 Å². The fraction of sp³-hybridized carbons (Fsp3) is 1.00. The molecule has 0 unspecified atom stereocenters. The summed E-state index contributed by atoms with van der Waals surface area (Å²) in [4.78, 5) is 2.50. The summed E-state index contributed by atoms with van der Waals surface area (Å²) in [5, 5.41) is 8.59. The van der Waals surface area contributed by atoms with E-state index in [1.54, 1.807) is 0 Å². The summed E-state index contributed by atoms with van der Waals surface area (Å²) in [5.74, 6) is 0.976. The SMILES string of the molecule is CCCC1CN(CCCCO)C1. The van der Waals surface area contributed by atoms with Crippen molar-refractivity contribution < 1.29 is 5.11 Å². The molecule has 0 aromatic rings. The number of nitrogens with zero attached hydrogens (tertiary/aromatic N) is 1. The zero-order valence-corrected chi connectivity index (χ0v) is 8.13. The minimum atomic E-state index is 0.353. The van der Waals surface area contributed by atoms with Gasteiger partial charge in [0.25, 0.3) is 0 Å². The van der Waals surface area contributed by atoms with Crippen molar-refractivity contribution in [3.05, 3.63) is 0 Å². The minimum absolute atomic E-state index is 0.353. The van der Waals surface area contributed by atoms with Crippen molar-refractivity contribution in [2.24, 2.45) is 5.92 Å². The van der Waals surface area contributed by atoms with Crippen molar-refractivity contribution in [3.63, 3.8) is 0 Å². The van der Waals surface area contributed by atoms with Crippen LogP contribution in [0.3, 0.4) is 0 Å². The fourth-order valence-electron chi connectivity index (χ4n) is 1.90. The highest BCUT2D eigenvalue weighted by atomic mass is 16.2. The predicted octanol–water partition coefficient (Wildman–Crippen LogP) is 1.49. The molecule has 0 aromatic heterocycles. The lowest BCUT2D eigenvalue weighted by Gasteiger charge is -2.39. The molecule has 1 heterocycles. The third-order valence-corrected chi connectivity index (χ3v) is 2.61. The van der Waals surface area contributed by atoms with E-state index in [1.807, 2.05) is 0 Å². The van der Waals surface area contributed by atoms with Crippen LogP contribution < -0.4 is 0 Å². The van der Waals surface area contributed by atoms with Crippen LogP contribution in [0.2, 0.25) is 0 Å². The lowest BCUT2D eigenvalue weighted by molar-refractivity contribution is 0.0899. The highest BCUT2D eigenvalue weighted by molar-refractivity contribution is 4.78. The molecule has 1 fully saturated rings. The maximum atomic E-state index is 8.59. The standard InChI is InChI=1S/C10H21NO/c1-2-5-10-8-11(9-10)6-3-4-7-12/h10,12H,2-9H2,1H3. The maximum Gasteiger partial charge on any atom is 0.0431 e. The van der Waals surface area contributed by atoms with E-state index >= 15 is 0 Å².